The standard InChI is InChI=1S/C59H39N3SSi/c1-5-19-40(20-6-1)51-39-55(53-32-15-16-36-60-53)62-58-47(51)34-35-48-52(38-54(61-57(48)58)50-31-18-30-49-46-29-13-14-33-56(46)63-59(49)50)41-21-17-28-45(37-41)64(42-22-7-2-8-23-42,43-24-9-3-10-25-43)44-26-11-4-12-27-44/h1-39H. The SMILES string of the molecule is c1ccc(-c2cc(-c3ccccn3)nc3c2ccc2c(-c4cccc([Si](c5ccccc5)(c5ccccc5)c5ccccc5)c4)cc(-c4cccc5c4sc4ccccc45)nc23)cc1. The van der Waals surface area contributed by atoms with E-state index >= 15 is 0 Å². The molecule has 5 heteroatoms. The molecule has 0 aliphatic rings. The van der Waals surface area contributed by atoms with Crippen molar-refractivity contribution in [1.82, 2.24) is 15.0 Å². The van der Waals surface area contributed by atoms with Crippen LogP contribution in [-0.4, -0.2) is 23.0 Å². The topological polar surface area (TPSA) is 38.7 Å². The lowest BCUT2D eigenvalue weighted by Gasteiger charge is -2.34. The van der Waals surface area contributed by atoms with Crippen molar-refractivity contribution >= 4 is 82.1 Å². The Bertz CT molecular complexity index is 3560. The van der Waals surface area contributed by atoms with Crippen LogP contribution >= 0.6 is 11.3 Å². The van der Waals surface area contributed by atoms with Crippen molar-refractivity contribution in [2.45, 2.75) is 0 Å². The van der Waals surface area contributed by atoms with Crippen molar-refractivity contribution in [3.05, 3.63) is 237 Å². The quantitative estimate of drug-likeness (QED) is 0.0868. The third-order valence-electron chi connectivity index (χ3n) is 12.7. The van der Waals surface area contributed by atoms with E-state index in [9.17, 15) is 0 Å². The van der Waals surface area contributed by atoms with E-state index in [1.807, 2.05) is 35.7 Å². The van der Waals surface area contributed by atoms with Crippen molar-refractivity contribution < 1.29 is 0 Å². The molecule has 0 spiro atoms. The first kappa shape index (κ1) is 37.9. The van der Waals surface area contributed by atoms with E-state index in [1.54, 1.807) is 0 Å². The molecule has 64 heavy (non-hydrogen) atoms. The summed E-state index contributed by atoms with van der Waals surface area (Å²) < 4.78 is 2.49. The third-order valence-corrected chi connectivity index (χ3v) is 18.7. The number of benzene rings is 8. The van der Waals surface area contributed by atoms with Gasteiger partial charge in [0.1, 0.15) is 0 Å². The highest BCUT2D eigenvalue weighted by Gasteiger charge is 2.41. The Morgan fingerprint density at radius 3 is 1.50 bits per heavy atom. The van der Waals surface area contributed by atoms with Gasteiger partial charge in [-0.25, -0.2) is 9.97 Å². The zero-order valence-electron chi connectivity index (χ0n) is 34.8. The largest absolute Gasteiger partial charge is 0.255 e. The molecule has 0 fully saturated rings. The number of nitrogens with zero attached hydrogens (tertiary/aromatic N) is 3. The van der Waals surface area contributed by atoms with Crippen LogP contribution in [0.3, 0.4) is 0 Å². The second-order valence-electron chi connectivity index (χ2n) is 16.3. The van der Waals surface area contributed by atoms with E-state index in [2.05, 4.69) is 212 Å². The van der Waals surface area contributed by atoms with Gasteiger partial charge >= 0.3 is 0 Å². The fourth-order valence-corrected chi connectivity index (χ4v) is 15.8. The van der Waals surface area contributed by atoms with E-state index in [0.29, 0.717) is 0 Å². The van der Waals surface area contributed by atoms with Gasteiger partial charge in [0.25, 0.3) is 0 Å². The molecule has 12 rings (SSSR count). The van der Waals surface area contributed by atoms with E-state index in [-0.39, 0.29) is 0 Å². The predicted octanol–water partition coefficient (Wildman–Crippen LogP) is 12.6. The van der Waals surface area contributed by atoms with Crippen LogP contribution in [0.25, 0.3) is 86.9 Å². The fraction of sp³-hybridized carbons (Fsp3) is 0. The molecule has 0 saturated carbocycles. The number of hydrogen-bond donors (Lipinski definition) is 0. The van der Waals surface area contributed by atoms with Crippen molar-refractivity contribution in [2.75, 3.05) is 0 Å². The van der Waals surface area contributed by atoms with Crippen LogP contribution in [0.2, 0.25) is 0 Å². The average Bonchev–Trinajstić information content (AvgIpc) is 3.77. The zero-order valence-corrected chi connectivity index (χ0v) is 36.6. The first-order chi connectivity index (χ1) is 31.7. The highest BCUT2D eigenvalue weighted by Crippen LogP contribution is 2.43. The van der Waals surface area contributed by atoms with Gasteiger partial charge in [0.05, 0.1) is 28.1 Å². The van der Waals surface area contributed by atoms with Gasteiger partial charge < -0.3 is 0 Å². The third kappa shape index (κ3) is 6.28. The minimum atomic E-state index is -2.83. The fourth-order valence-electron chi connectivity index (χ4n) is 9.79. The van der Waals surface area contributed by atoms with Crippen LogP contribution in [0.15, 0.2) is 237 Å². The molecule has 12 aromatic rings. The first-order valence-corrected chi connectivity index (χ1v) is 24.5. The van der Waals surface area contributed by atoms with Crippen LogP contribution in [0, 0.1) is 0 Å². The summed E-state index contributed by atoms with van der Waals surface area (Å²) in [4.78, 5) is 16.0. The van der Waals surface area contributed by atoms with Crippen LogP contribution in [0.1, 0.15) is 0 Å². The molecular formula is C59H39N3SSi. The first-order valence-electron chi connectivity index (χ1n) is 21.7. The molecule has 4 heterocycles. The highest BCUT2D eigenvalue weighted by atomic mass is 32.1. The Balaban J connectivity index is 1.19. The van der Waals surface area contributed by atoms with E-state index < -0.39 is 8.07 Å². The molecule has 0 amide bonds. The molecule has 300 valence electrons. The summed E-state index contributed by atoms with van der Waals surface area (Å²) in [6, 6.07) is 83.8. The molecule has 8 aromatic carbocycles. The van der Waals surface area contributed by atoms with E-state index in [4.69, 9.17) is 15.0 Å². The number of fused-ring (bicyclic) bond motifs is 6. The Labute approximate surface area is 376 Å². The van der Waals surface area contributed by atoms with Crippen molar-refractivity contribution in [1.29, 1.82) is 0 Å². The molecule has 0 atom stereocenters. The van der Waals surface area contributed by atoms with Gasteiger partial charge in [0, 0.05) is 42.7 Å². The number of thiophene rings is 1. The van der Waals surface area contributed by atoms with E-state index in [1.165, 1.54) is 40.9 Å². The van der Waals surface area contributed by atoms with Crippen molar-refractivity contribution in [3.8, 4) is 44.9 Å². The molecule has 0 aliphatic carbocycles. The Kier molecular flexibility index (Phi) is 9.36. The van der Waals surface area contributed by atoms with Gasteiger partial charge in [0.2, 0.25) is 0 Å². The lowest BCUT2D eigenvalue weighted by atomic mass is 9.94. The Morgan fingerprint density at radius 1 is 0.328 bits per heavy atom. The summed E-state index contributed by atoms with van der Waals surface area (Å²) >= 11 is 1.83. The molecule has 0 unspecified atom stereocenters. The Hall–Kier alpha value is -7.83. The summed E-state index contributed by atoms with van der Waals surface area (Å²) in [5.74, 6) is 0. The monoisotopic (exact) mass is 849 g/mol. The van der Waals surface area contributed by atoms with Gasteiger partial charge in [-0.2, -0.15) is 0 Å². The van der Waals surface area contributed by atoms with Crippen LogP contribution in [0.5, 0.6) is 0 Å². The smallest absolute Gasteiger partial charge is 0.179 e. The second kappa shape index (κ2) is 15.8. The normalized spacial score (nSPS) is 11.8. The molecule has 0 radical (unpaired) electrons. The van der Waals surface area contributed by atoms with Crippen molar-refractivity contribution in [2.24, 2.45) is 0 Å². The summed E-state index contributed by atoms with van der Waals surface area (Å²) in [5, 5.41) is 9.94. The molecule has 0 bridgehead atoms. The van der Waals surface area contributed by atoms with Gasteiger partial charge in [0.15, 0.2) is 8.07 Å². The average molecular weight is 850 g/mol. The maximum absolute atomic E-state index is 5.70. The van der Waals surface area contributed by atoms with E-state index in [0.717, 1.165) is 66.7 Å². The minimum Gasteiger partial charge on any atom is -0.255 e. The van der Waals surface area contributed by atoms with Gasteiger partial charge in [-0.15, -0.1) is 11.3 Å². The number of aromatic nitrogens is 3. The second-order valence-corrected chi connectivity index (χ2v) is 21.1. The predicted molar refractivity (Wildman–Crippen MR) is 273 cm³/mol. The van der Waals surface area contributed by atoms with Gasteiger partial charge in [-0.3, -0.25) is 4.98 Å². The summed E-state index contributed by atoms with van der Waals surface area (Å²) in [7, 11) is -2.83. The maximum atomic E-state index is 5.70. The van der Waals surface area contributed by atoms with Crippen LogP contribution in [-0.2, 0) is 0 Å². The summed E-state index contributed by atoms with van der Waals surface area (Å²) in [5.41, 5.74) is 9.85. The molecule has 3 nitrogen and oxygen atoms in total. The maximum Gasteiger partial charge on any atom is 0.179 e. The lowest BCUT2D eigenvalue weighted by Crippen LogP contribution is -2.74. The minimum absolute atomic E-state index is 0.811. The van der Waals surface area contributed by atoms with Crippen LogP contribution in [0.4, 0.5) is 0 Å². The molecule has 0 saturated heterocycles. The Morgan fingerprint density at radius 2 is 0.844 bits per heavy atom. The lowest BCUT2D eigenvalue weighted by molar-refractivity contribution is 1.27. The molecule has 0 N–H and O–H groups in total. The summed E-state index contributed by atoms with van der Waals surface area (Å²) in [6.07, 6.45) is 1.84. The summed E-state index contributed by atoms with van der Waals surface area (Å²) in [6.45, 7) is 0. The molecule has 0 aliphatic heterocycles. The zero-order chi connectivity index (χ0) is 42.5. The molecule has 4 aromatic heterocycles. The highest BCUT2D eigenvalue weighted by molar-refractivity contribution is 7.26. The number of pyridine rings is 3. The number of hydrogen-bond acceptors (Lipinski definition) is 4. The van der Waals surface area contributed by atoms with Gasteiger partial charge in [-0.1, -0.05) is 200 Å². The molecular weight excluding hydrogens is 811 g/mol. The van der Waals surface area contributed by atoms with Gasteiger partial charge in [-0.05, 0) is 73.3 Å². The number of rotatable bonds is 8. The van der Waals surface area contributed by atoms with Crippen molar-refractivity contribution in [3.63, 3.8) is 0 Å². The van der Waals surface area contributed by atoms with Crippen LogP contribution < -0.4 is 20.7 Å².